The number of aromatic hydroxyl groups is 1. The first-order chi connectivity index (χ1) is 6.20. The molecule has 13 heavy (non-hydrogen) atoms. The molecule has 0 spiro atoms. The first kappa shape index (κ1) is 8.84. The van der Waals surface area contributed by atoms with Gasteiger partial charge in [-0.15, -0.1) is 11.3 Å². The van der Waals surface area contributed by atoms with Gasteiger partial charge in [0.1, 0.15) is 11.5 Å². The maximum absolute atomic E-state index is 9.61. The smallest absolute Gasteiger partial charge is 0.137 e. The standard InChI is InChI=1S/C9H7BrO2S/c1-12-6-2-5-3-8(10)13-9(5)7(11)4-6/h2-4,11H,1H3. The summed E-state index contributed by atoms with van der Waals surface area (Å²) in [4.78, 5) is 0. The van der Waals surface area contributed by atoms with E-state index in [-0.39, 0.29) is 5.75 Å². The number of halogens is 1. The molecule has 0 aliphatic rings. The Labute approximate surface area is 87.9 Å². The van der Waals surface area contributed by atoms with Gasteiger partial charge in [-0.1, -0.05) is 0 Å². The molecular weight excluding hydrogens is 252 g/mol. The average Bonchev–Trinajstić information content (AvgIpc) is 2.46. The van der Waals surface area contributed by atoms with E-state index in [1.165, 1.54) is 11.3 Å². The van der Waals surface area contributed by atoms with Crippen LogP contribution >= 0.6 is 27.3 Å². The topological polar surface area (TPSA) is 29.5 Å². The zero-order chi connectivity index (χ0) is 9.42. The summed E-state index contributed by atoms with van der Waals surface area (Å²) in [6.45, 7) is 0. The molecule has 1 N–H and O–H groups in total. The van der Waals surface area contributed by atoms with Crippen LogP contribution in [0.1, 0.15) is 0 Å². The van der Waals surface area contributed by atoms with Crippen LogP contribution < -0.4 is 4.74 Å². The van der Waals surface area contributed by atoms with Crippen LogP contribution in [-0.2, 0) is 0 Å². The molecule has 0 radical (unpaired) electrons. The lowest BCUT2D eigenvalue weighted by atomic mass is 10.2. The van der Waals surface area contributed by atoms with Gasteiger partial charge in [-0.3, -0.25) is 0 Å². The van der Waals surface area contributed by atoms with Gasteiger partial charge in [0.2, 0.25) is 0 Å². The second-order valence-corrected chi connectivity index (χ2v) is 5.05. The highest BCUT2D eigenvalue weighted by molar-refractivity contribution is 9.11. The van der Waals surface area contributed by atoms with Gasteiger partial charge >= 0.3 is 0 Å². The lowest BCUT2D eigenvalue weighted by molar-refractivity contribution is 0.409. The van der Waals surface area contributed by atoms with E-state index >= 15 is 0 Å². The van der Waals surface area contributed by atoms with Gasteiger partial charge in [-0.05, 0) is 28.1 Å². The van der Waals surface area contributed by atoms with E-state index < -0.39 is 0 Å². The number of thiophene rings is 1. The molecule has 2 nitrogen and oxygen atoms in total. The van der Waals surface area contributed by atoms with Crippen molar-refractivity contribution >= 4 is 37.4 Å². The van der Waals surface area contributed by atoms with Crippen molar-refractivity contribution in [2.75, 3.05) is 7.11 Å². The van der Waals surface area contributed by atoms with Crippen molar-refractivity contribution < 1.29 is 9.84 Å². The molecule has 0 aliphatic carbocycles. The maximum Gasteiger partial charge on any atom is 0.137 e. The Morgan fingerprint density at radius 2 is 2.15 bits per heavy atom. The van der Waals surface area contributed by atoms with E-state index in [9.17, 15) is 5.11 Å². The van der Waals surface area contributed by atoms with Crippen molar-refractivity contribution in [3.8, 4) is 11.5 Å². The van der Waals surface area contributed by atoms with Crippen LogP contribution in [0.25, 0.3) is 10.1 Å². The monoisotopic (exact) mass is 258 g/mol. The van der Waals surface area contributed by atoms with Gasteiger partial charge in [-0.25, -0.2) is 0 Å². The van der Waals surface area contributed by atoms with E-state index in [2.05, 4.69) is 15.9 Å². The first-order valence-corrected chi connectivity index (χ1v) is 5.27. The quantitative estimate of drug-likeness (QED) is 0.850. The minimum atomic E-state index is 0.269. The summed E-state index contributed by atoms with van der Waals surface area (Å²) in [5.74, 6) is 0.945. The maximum atomic E-state index is 9.61. The van der Waals surface area contributed by atoms with E-state index in [1.54, 1.807) is 13.2 Å². The molecule has 0 atom stereocenters. The number of hydrogen-bond donors (Lipinski definition) is 1. The Morgan fingerprint density at radius 1 is 1.38 bits per heavy atom. The van der Waals surface area contributed by atoms with E-state index in [0.717, 1.165) is 13.9 Å². The number of benzene rings is 1. The minimum Gasteiger partial charge on any atom is -0.506 e. The zero-order valence-corrected chi connectivity index (χ0v) is 9.28. The molecule has 2 rings (SSSR count). The molecule has 0 fully saturated rings. The van der Waals surface area contributed by atoms with Gasteiger partial charge < -0.3 is 9.84 Å². The van der Waals surface area contributed by atoms with Crippen molar-refractivity contribution in [2.45, 2.75) is 0 Å². The summed E-state index contributed by atoms with van der Waals surface area (Å²) in [5.41, 5.74) is 0. The Morgan fingerprint density at radius 3 is 2.85 bits per heavy atom. The average molecular weight is 259 g/mol. The molecule has 1 aromatic heterocycles. The van der Waals surface area contributed by atoms with Crippen molar-refractivity contribution in [1.29, 1.82) is 0 Å². The van der Waals surface area contributed by atoms with Gasteiger partial charge in [-0.2, -0.15) is 0 Å². The third kappa shape index (κ3) is 1.51. The fraction of sp³-hybridized carbons (Fsp3) is 0.111. The highest BCUT2D eigenvalue weighted by atomic mass is 79.9. The van der Waals surface area contributed by atoms with E-state index in [1.807, 2.05) is 12.1 Å². The largest absolute Gasteiger partial charge is 0.506 e. The number of ether oxygens (including phenoxy) is 1. The fourth-order valence-electron chi connectivity index (χ4n) is 1.19. The number of fused-ring (bicyclic) bond motifs is 1. The molecule has 0 amide bonds. The van der Waals surface area contributed by atoms with Crippen molar-refractivity contribution in [3.05, 3.63) is 22.0 Å². The van der Waals surface area contributed by atoms with Crippen LogP contribution in [0.15, 0.2) is 22.0 Å². The van der Waals surface area contributed by atoms with Gasteiger partial charge in [0, 0.05) is 11.5 Å². The SMILES string of the molecule is COc1cc(O)c2sc(Br)cc2c1. The summed E-state index contributed by atoms with van der Waals surface area (Å²) in [6, 6.07) is 5.48. The molecule has 68 valence electrons. The van der Waals surface area contributed by atoms with Gasteiger partial charge in [0.05, 0.1) is 15.6 Å². The van der Waals surface area contributed by atoms with E-state index in [4.69, 9.17) is 4.74 Å². The Kier molecular flexibility index (Phi) is 2.17. The Hall–Kier alpha value is -0.740. The number of methoxy groups -OCH3 is 1. The van der Waals surface area contributed by atoms with Crippen LogP contribution in [0.4, 0.5) is 0 Å². The van der Waals surface area contributed by atoms with E-state index in [0.29, 0.717) is 5.75 Å². The van der Waals surface area contributed by atoms with Gasteiger partial charge in [0.15, 0.2) is 0 Å². The number of hydrogen-bond acceptors (Lipinski definition) is 3. The second kappa shape index (κ2) is 3.20. The lowest BCUT2D eigenvalue weighted by Crippen LogP contribution is -1.80. The number of phenols is 1. The Bertz CT molecular complexity index is 450. The zero-order valence-electron chi connectivity index (χ0n) is 6.87. The Balaban J connectivity index is 2.75. The van der Waals surface area contributed by atoms with Crippen LogP contribution in [0.2, 0.25) is 0 Å². The molecule has 4 heteroatoms. The molecule has 0 unspecified atom stereocenters. The highest BCUT2D eigenvalue weighted by Gasteiger charge is 2.06. The molecule has 0 aliphatic heterocycles. The molecule has 0 saturated carbocycles. The highest BCUT2D eigenvalue weighted by Crippen LogP contribution is 2.38. The minimum absolute atomic E-state index is 0.269. The van der Waals surface area contributed by atoms with Crippen LogP contribution in [-0.4, -0.2) is 12.2 Å². The molecule has 2 aromatic rings. The molecule has 1 heterocycles. The molecular formula is C9H7BrO2S. The van der Waals surface area contributed by atoms with Crippen molar-refractivity contribution in [1.82, 2.24) is 0 Å². The normalized spacial score (nSPS) is 10.6. The third-order valence-corrected chi connectivity index (χ3v) is 3.45. The number of rotatable bonds is 1. The summed E-state index contributed by atoms with van der Waals surface area (Å²) in [6.07, 6.45) is 0. The van der Waals surface area contributed by atoms with Crippen molar-refractivity contribution in [3.63, 3.8) is 0 Å². The van der Waals surface area contributed by atoms with Crippen LogP contribution in [0, 0.1) is 0 Å². The molecule has 1 aromatic carbocycles. The van der Waals surface area contributed by atoms with Crippen molar-refractivity contribution in [2.24, 2.45) is 0 Å². The second-order valence-electron chi connectivity index (χ2n) is 2.62. The summed E-state index contributed by atoms with van der Waals surface area (Å²) < 4.78 is 6.93. The third-order valence-electron chi connectivity index (χ3n) is 1.78. The first-order valence-electron chi connectivity index (χ1n) is 3.67. The lowest BCUT2D eigenvalue weighted by Gasteiger charge is -2.00. The summed E-state index contributed by atoms with van der Waals surface area (Å²) in [7, 11) is 1.59. The van der Waals surface area contributed by atoms with Crippen LogP contribution in [0.3, 0.4) is 0 Å². The predicted molar refractivity (Wildman–Crippen MR) is 57.7 cm³/mol. The summed E-state index contributed by atoms with van der Waals surface area (Å²) in [5, 5.41) is 10.6. The summed E-state index contributed by atoms with van der Waals surface area (Å²) >= 11 is 4.88. The number of phenolic OH excluding ortho intramolecular Hbond substituents is 1. The fourth-order valence-corrected chi connectivity index (χ4v) is 2.71. The van der Waals surface area contributed by atoms with Crippen LogP contribution in [0.5, 0.6) is 11.5 Å². The molecule has 0 bridgehead atoms. The molecule has 0 saturated heterocycles. The predicted octanol–water partition coefficient (Wildman–Crippen LogP) is 3.38. The van der Waals surface area contributed by atoms with Gasteiger partial charge in [0.25, 0.3) is 0 Å².